The van der Waals surface area contributed by atoms with Crippen molar-refractivity contribution in [3.8, 4) is 5.75 Å². The average Bonchev–Trinajstić information content (AvgIpc) is 2.45. The molecule has 0 saturated heterocycles. The largest absolute Gasteiger partial charge is 0.492 e. The fourth-order valence-electron chi connectivity index (χ4n) is 3.09. The van der Waals surface area contributed by atoms with Gasteiger partial charge in [0, 0.05) is 12.6 Å². The molecule has 1 fully saturated rings. The number of ether oxygens (including phenoxy) is 1. The Labute approximate surface area is 130 Å². The smallest absolute Gasteiger partial charge is 0.119 e. The maximum absolute atomic E-state index is 5.93. The van der Waals surface area contributed by atoms with Gasteiger partial charge in [-0.1, -0.05) is 26.8 Å². The Morgan fingerprint density at radius 3 is 2.52 bits per heavy atom. The van der Waals surface area contributed by atoms with E-state index in [9.17, 15) is 0 Å². The second kappa shape index (κ2) is 7.84. The van der Waals surface area contributed by atoms with Gasteiger partial charge in [0.25, 0.3) is 0 Å². The highest BCUT2D eigenvalue weighted by Gasteiger charge is 2.17. The molecule has 0 aromatic heterocycles. The lowest BCUT2D eigenvalue weighted by Crippen LogP contribution is -2.35. The molecule has 0 spiro atoms. The van der Waals surface area contributed by atoms with E-state index in [-0.39, 0.29) is 0 Å². The molecule has 0 bridgehead atoms. The molecular formula is C19H31NO. The third-order valence-electron chi connectivity index (χ3n) is 4.56. The molecule has 0 heterocycles. The maximum atomic E-state index is 5.93. The van der Waals surface area contributed by atoms with Gasteiger partial charge in [0.05, 0.1) is 0 Å². The SMILES string of the molecule is Cc1cc(OCCNC2CCC(C)CC2)cc(C(C)C)c1. The van der Waals surface area contributed by atoms with Crippen molar-refractivity contribution in [2.24, 2.45) is 5.92 Å². The molecule has 0 aliphatic heterocycles. The first-order chi connectivity index (χ1) is 10.0. The summed E-state index contributed by atoms with van der Waals surface area (Å²) in [5, 5.41) is 3.64. The van der Waals surface area contributed by atoms with Gasteiger partial charge in [-0.3, -0.25) is 0 Å². The summed E-state index contributed by atoms with van der Waals surface area (Å²) in [7, 11) is 0. The third-order valence-corrected chi connectivity index (χ3v) is 4.56. The van der Waals surface area contributed by atoms with Crippen molar-refractivity contribution in [1.82, 2.24) is 5.32 Å². The summed E-state index contributed by atoms with van der Waals surface area (Å²) in [6.45, 7) is 10.7. The van der Waals surface area contributed by atoms with Crippen molar-refractivity contribution in [2.45, 2.75) is 65.3 Å². The minimum absolute atomic E-state index is 0.551. The molecule has 1 aliphatic carbocycles. The Morgan fingerprint density at radius 2 is 1.86 bits per heavy atom. The molecule has 1 aromatic carbocycles. The first-order valence-electron chi connectivity index (χ1n) is 8.52. The van der Waals surface area contributed by atoms with Crippen molar-refractivity contribution < 1.29 is 4.74 Å². The standard InChI is InChI=1S/C19H31NO/c1-14(2)17-11-16(4)12-19(13-17)21-10-9-20-18-7-5-15(3)6-8-18/h11-15,18,20H,5-10H2,1-4H3. The average molecular weight is 289 g/mol. The highest BCUT2D eigenvalue weighted by atomic mass is 16.5. The van der Waals surface area contributed by atoms with Gasteiger partial charge in [0.15, 0.2) is 0 Å². The molecule has 1 aromatic rings. The van der Waals surface area contributed by atoms with Crippen LogP contribution < -0.4 is 10.1 Å². The van der Waals surface area contributed by atoms with Gasteiger partial charge >= 0.3 is 0 Å². The fourth-order valence-corrected chi connectivity index (χ4v) is 3.09. The van der Waals surface area contributed by atoms with E-state index in [1.165, 1.54) is 36.8 Å². The van der Waals surface area contributed by atoms with Crippen LogP contribution in [0.15, 0.2) is 18.2 Å². The van der Waals surface area contributed by atoms with Crippen molar-refractivity contribution in [1.29, 1.82) is 0 Å². The zero-order valence-electron chi connectivity index (χ0n) is 14.1. The molecule has 1 N–H and O–H groups in total. The lowest BCUT2D eigenvalue weighted by molar-refractivity contribution is 0.270. The van der Waals surface area contributed by atoms with Gasteiger partial charge in [-0.15, -0.1) is 0 Å². The van der Waals surface area contributed by atoms with Crippen LogP contribution in [0.3, 0.4) is 0 Å². The van der Waals surface area contributed by atoms with E-state index in [1.54, 1.807) is 0 Å². The fraction of sp³-hybridized carbons (Fsp3) is 0.684. The van der Waals surface area contributed by atoms with Crippen LogP contribution in [0.25, 0.3) is 0 Å². The molecule has 0 amide bonds. The van der Waals surface area contributed by atoms with E-state index in [0.717, 1.165) is 24.8 Å². The normalized spacial score (nSPS) is 22.5. The Morgan fingerprint density at radius 1 is 1.14 bits per heavy atom. The number of rotatable bonds is 6. The maximum Gasteiger partial charge on any atom is 0.119 e. The summed E-state index contributed by atoms with van der Waals surface area (Å²) in [5.74, 6) is 2.48. The summed E-state index contributed by atoms with van der Waals surface area (Å²) >= 11 is 0. The second-order valence-corrected chi connectivity index (χ2v) is 6.99. The summed E-state index contributed by atoms with van der Waals surface area (Å²) in [4.78, 5) is 0. The van der Waals surface area contributed by atoms with Crippen LogP contribution in [-0.4, -0.2) is 19.2 Å². The van der Waals surface area contributed by atoms with Gasteiger partial charge in [-0.25, -0.2) is 0 Å². The molecule has 1 saturated carbocycles. The zero-order valence-corrected chi connectivity index (χ0v) is 14.1. The Kier molecular flexibility index (Phi) is 6.10. The van der Waals surface area contributed by atoms with Crippen molar-refractivity contribution in [3.63, 3.8) is 0 Å². The quantitative estimate of drug-likeness (QED) is 0.769. The van der Waals surface area contributed by atoms with Crippen LogP contribution >= 0.6 is 0 Å². The minimum Gasteiger partial charge on any atom is -0.492 e. The van der Waals surface area contributed by atoms with E-state index in [0.29, 0.717) is 12.0 Å². The number of hydrogen-bond acceptors (Lipinski definition) is 2. The number of aryl methyl sites for hydroxylation is 1. The lowest BCUT2D eigenvalue weighted by Gasteiger charge is -2.27. The van der Waals surface area contributed by atoms with Crippen LogP contribution in [0.4, 0.5) is 0 Å². The summed E-state index contributed by atoms with van der Waals surface area (Å²) < 4.78 is 5.93. The zero-order chi connectivity index (χ0) is 15.2. The highest BCUT2D eigenvalue weighted by molar-refractivity contribution is 5.35. The molecule has 118 valence electrons. The minimum atomic E-state index is 0.551. The van der Waals surface area contributed by atoms with E-state index in [2.05, 4.69) is 51.2 Å². The predicted molar refractivity (Wildman–Crippen MR) is 90.2 cm³/mol. The van der Waals surface area contributed by atoms with Crippen LogP contribution in [0.1, 0.15) is 63.5 Å². The Hall–Kier alpha value is -1.02. The van der Waals surface area contributed by atoms with Crippen LogP contribution in [0.5, 0.6) is 5.75 Å². The van der Waals surface area contributed by atoms with Gasteiger partial charge < -0.3 is 10.1 Å². The Balaban J connectivity index is 1.73. The Bertz CT molecular complexity index is 433. The van der Waals surface area contributed by atoms with Gasteiger partial charge in [-0.2, -0.15) is 0 Å². The van der Waals surface area contributed by atoms with Gasteiger partial charge in [0.2, 0.25) is 0 Å². The highest BCUT2D eigenvalue weighted by Crippen LogP contribution is 2.24. The topological polar surface area (TPSA) is 21.3 Å². The first-order valence-corrected chi connectivity index (χ1v) is 8.52. The molecule has 2 heteroatoms. The summed E-state index contributed by atoms with van der Waals surface area (Å²) in [6, 6.07) is 7.26. The molecule has 0 unspecified atom stereocenters. The van der Waals surface area contributed by atoms with E-state index in [4.69, 9.17) is 4.74 Å². The van der Waals surface area contributed by atoms with Crippen molar-refractivity contribution in [3.05, 3.63) is 29.3 Å². The van der Waals surface area contributed by atoms with Gasteiger partial charge in [-0.05, 0) is 67.7 Å². The van der Waals surface area contributed by atoms with Crippen LogP contribution in [0, 0.1) is 12.8 Å². The van der Waals surface area contributed by atoms with Crippen molar-refractivity contribution in [2.75, 3.05) is 13.2 Å². The molecular weight excluding hydrogens is 258 g/mol. The second-order valence-electron chi connectivity index (χ2n) is 6.99. The van der Waals surface area contributed by atoms with E-state index >= 15 is 0 Å². The molecule has 21 heavy (non-hydrogen) atoms. The van der Waals surface area contributed by atoms with Gasteiger partial charge in [0.1, 0.15) is 12.4 Å². The lowest BCUT2D eigenvalue weighted by atomic mass is 9.87. The number of hydrogen-bond donors (Lipinski definition) is 1. The predicted octanol–water partition coefficient (Wildman–Crippen LogP) is 4.67. The molecule has 2 nitrogen and oxygen atoms in total. The van der Waals surface area contributed by atoms with E-state index in [1.807, 2.05) is 0 Å². The number of benzene rings is 1. The summed E-state index contributed by atoms with van der Waals surface area (Å²) in [5.41, 5.74) is 2.64. The van der Waals surface area contributed by atoms with Crippen molar-refractivity contribution >= 4 is 0 Å². The first kappa shape index (κ1) is 16.4. The molecule has 0 radical (unpaired) electrons. The van der Waals surface area contributed by atoms with Crippen LogP contribution in [-0.2, 0) is 0 Å². The molecule has 1 aliphatic rings. The van der Waals surface area contributed by atoms with E-state index < -0.39 is 0 Å². The molecule has 0 atom stereocenters. The van der Waals surface area contributed by atoms with Crippen LogP contribution in [0.2, 0.25) is 0 Å². The monoisotopic (exact) mass is 289 g/mol. The molecule has 2 rings (SSSR count). The third kappa shape index (κ3) is 5.35. The summed E-state index contributed by atoms with van der Waals surface area (Å²) in [6.07, 6.45) is 5.38. The number of nitrogens with one attached hydrogen (secondary N) is 1.